The van der Waals surface area contributed by atoms with Crippen LogP contribution in [0.2, 0.25) is 0 Å². The van der Waals surface area contributed by atoms with Crippen LogP contribution in [0.25, 0.3) is 5.65 Å². The second-order valence-electron chi connectivity index (χ2n) is 14.5. The van der Waals surface area contributed by atoms with Crippen LogP contribution in [0.1, 0.15) is 80.5 Å². The van der Waals surface area contributed by atoms with Gasteiger partial charge in [-0.2, -0.15) is 0 Å². The predicted molar refractivity (Wildman–Crippen MR) is 194 cm³/mol. The molecule has 4 aromatic rings. The lowest BCUT2D eigenvalue weighted by Gasteiger charge is -2.34. The summed E-state index contributed by atoms with van der Waals surface area (Å²) in [6, 6.07) is 12.4. The van der Waals surface area contributed by atoms with Crippen molar-refractivity contribution in [1.82, 2.24) is 40.1 Å². The number of piperidine rings is 1. The number of hydrogen-bond acceptors (Lipinski definition) is 10. The average molecular weight is 695 g/mol. The van der Waals surface area contributed by atoms with Crippen molar-refractivity contribution in [2.45, 2.75) is 70.1 Å². The Morgan fingerprint density at radius 2 is 1.90 bits per heavy atom. The number of nitrogens with one attached hydrogen (secondary N) is 3. The Hall–Kier alpha value is -5.37. The highest BCUT2D eigenvalue weighted by Crippen LogP contribution is 2.37. The fourth-order valence-electron chi connectivity index (χ4n) is 6.37. The molecule has 1 aliphatic carbocycles. The van der Waals surface area contributed by atoms with Crippen LogP contribution in [0.3, 0.4) is 0 Å². The summed E-state index contributed by atoms with van der Waals surface area (Å²) < 4.78 is 8.46. The molecule has 0 radical (unpaired) electrons. The molecule has 0 bridgehead atoms. The summed E-state index contributed by atoms with van der Waals surface area (Å²) in [5.41, 5.74) is 0.638. The largest absolute Gasteiger partial charge is 0.480 e. The Morgan fingerprint density at radius 1 is 1.10 bits per heavy atom. The normalized spacial score (nSPS) is 20.2. The van der Waals surface area contributed by atoms with E-state index in [0.29, 0.717) is 42.4 Å². The molecule has 1 aromatic carbocycles. The number of nitrogens with zero attached hydrogens (tertiary/aromatic N) is 7. The Labute approximate surface area is 297 Å². The SMILES string of the molecule is C[C@H]1CCCCN1c1nnc2ccc(O[C@@H]3C=C[C@](C=O)(NC(=O)Nc4cc(C(C)(C)C)nc(C(=O)NCCN(C)C)n4)c4ccccc43)cn12. The standard InChI is InChI=1S/C37H46N10O4/c1-24-11-9-10-19-46(24)35-44-43-31-15-14-25(22-47(31)35)51-28-16-17-37(23-48,27-13-8-7-12-26(27)28)42-34(50)41-30-21-29(36(2,3)4)39-32(40-30)33(49)38-18-20-45(5)6/h7-8,12-17,21-24,28H,9-11,18-20H2,1-6H3,(H,38,49)(H2,39,40,41,42,50)/t24-,28+,37+/m0/s1. The second kappa shape index (κ2) is 14.5. The first-order valence-electron chi connectivity index (χ1n) is 17.3. The lowest BCUT2D eigenvalue weighted by atomic mass is 9.81. The van der Waals surface area contributed by atoms with Gasteiger partial charge in [0.05, 0.1) is 11.9 Å². The number of likely N-dealkylation sites (N-methyl/N-ethyl adjacent to an activating group) is 1. The molecule has 14 nitrogen and oxygen atoms in total. The minimum Gasteiger partial charge on any atom is -0.480 e. The molecule has 3 amide bonds. The average Bonchev–Trinajstić information content (AvgIpc) is 3.52. The zero-order valence-electron chi connectivity index (χ0n) is 30.0. The van der Waals surface area contributed by atoms with Gasteiger partial charge in [0, 0.05) is 42.7 Å². The molecule has 3 atom stereocenters. The van der Waals surface area contributed by atoms with E-state index in [-0.39, 0.29) is 11.6 Å². The fraction of sp³-hybridized carbons (Fsp3) is 0.432. The van der Waals surface area contributed by atoms with Crippen LogP contribution in [0, 0.1) is 0 Å². The van der Waals surface area contributed by atoms with Crippen LogP contribution in [-0.4, -0.2) is 87.5 Å². The summed E-state index contributed by atoms with van der Waals surface area (Å²) in [4.78, 5) is 52.4. The van der Waals surface area contributed by atoms with Gasteiger partial charge in [0.25, 0.3) is 5.91 Å². The van der Waals surface area contributed by atoms with Gasteiger partial charge < -0.3 is 25.2 Å². The Kier molecular flexibility index (Phi) is 10.1. The molecule has 1 fully saturated rings. The highest BCUT2D eigenvalue weighted by Gasteiger charge is 2.38. The topological polar surface area (TPSA) is 159 Å². The van der Waals surface area contributed by atoms with Gasteiger partial charge in [-0.15, -0.1) is 10.2 Å². The zero-order valence-corrected chi connectivity index (χ0v) is 30.0. The van der Waals surface area contributed by atoms with Crippen molar-refractivity contribution in [3.8, 4) is 5.75 Å². The molecule has 2 aliphatic rings. The van der Waals surface area contributed by atoms with Crippen LogP contribution in [0.4, 0.5) is 16.6 Å². The molecule has 1 aliphatic heterocycles. The third-order valence-corrected chi connectivity index (χ3v) is 9.22. The Bertz CT molecular complexity index is 1950. The van der Waals surface area contributed by atoms with E-state index < -0.39 is 29.0 Å². The van der Waals surface area contributed by atoms with Crippen LogP contribution in [-0.2, 0) is 15.7 Å². The molecule has 0 saturated carbocycles. The van der Waals surface area contributed by atoms with E-state index in [1.807, 2.05) is 80.7 Å². The van der Waals surface area contributed by atoms with E-state index in [2.05, 4.69) is 47.9 Å². The van der Waals surface area contributed by atoms with Gasteiger partial charge in [-0.1, -0.05) is 45.0 Å². The molecular formula is C37H46N10O4. The van der Waals surface area contributed by atoms with E-state index in [0.717, 1.165) is 36.5 Å². The number of carbonyl (C=O) groups excluding carboxylic acids is 3. The second-order valence-corrected chi connectivity index (χ2v) is 14.5. The number of hydrogen-bond donors (Lipinski definition) is 3. The van der Waals surface area contributed by atoms with Gasteiger partial charge in [-0.25, -0.2) is 14.8 Å². The maximum Gasteiger partial charge on any atom is 0.321 e. The summed E-state index contributed by atoms with van der Waals surface area (Å²) in [5, 5.41) is 17.2. The fourth-order valence-corrected chi connectivity index (χ4v) is 6.37. The number of fused-ring (bicyclic) bond motifs is 2. The zero-order chi connectivity index (χ0) is 36.3. The molecule has 4 heterocycles. The van der Waals surface area contributed by atoms with Crippen LogP contribution in [0.5, 0.6) is 5.75 Å². The smallest absolute Gasteiger partial charge is 0.321 e. The minimum atomic E-state index is -1.50. The highest BCUT2D eigenvalue weighted by molar-refractivity contribution is 5.94. The summed E-state index contributed by atoms with van der Waals surface area (Å²) in [7, 11) is 3.82. The van der Waals surface area contributed by atoms with E-state index in [4.69, 9.17) is 4.74 Å². The maximum absolute atomic E-state index is 13.6. The van der Waals surface area contributed by atoms with Crippen molar-refractivity contribution in [1.29, 1.82) is 0 Å². The number of urea groups is 1. The number of aldehydes is 1. The van der Waals surface area contributed by atoms with E-state index in [1.54, 1.807) is 24.3 Å². The van der Waals surface area contributed by atoms with Crippen LogP contribution < -0.4 is 25.6 Å². The van der Waals surface area contributed by atoms with Crippen molar-refractivity contribution in [2.24, 2.45) is 0 Å². The molecule has 1 saturated heterocycles. The van der Waals surface area contributed by atoms with Gasteiger partial charge in [-0.05, 0) is 70.1 Å². The molecule has 0 spiro atoms. The third-order valence-electron chi connectivity index (χ3n) is 9.22. The van der Waals surface area contributed by atoms with Gasteiger partial charge in [0.1, 0.15) is 23.2 Å². The molecule has 6 rings (SSSR count). The summed E-state index contributed by atoms with van der Waals surface area (Å²) in [5.74, 6) is 0.997. The van der Waals surface area contributed by atoms with Gasteiger partial charge in [0.2, 0.25) is 11.8 Å². The van der Waals surface area contributed by atoms with Gasteiger partial charge in [-0.3, -0.25) is 19.3 Å². The Balaban J connectivity index is 1.23. The molecule has 51 heavy (non-hydrogen) atoms. The lowest BCUT2D eigenvalue weighted by molar-refractivity contribution is -0.111. The van der Waals surface area contributed by atoms with Gasteiger partial charge >= 0.3 is 6.03 Å². The maximum atomic E-state index is 13.6. The number of benzene rings is 1. The van der Waals surface area contributed by atoms with Crippen LogP contribution >= 0.6 is 0 Å². The first-order valence-corrected chi connectivity index (χ1v) is 17.3. The first kappa shape index (κ1) is 35.5. The third kappa shape index (κ3) is 7.70. The number of rotatable bonds is 10. The van der Waals surface area contributed by atoms with Crippen molar-refractivity contribution in [3.63, 3.8) is 0 Å². The quantitative estimate of drug-likeness (QED) is 0.161. The van der Waals surface area contributed by atoms with Crippen molar-refractivity contribution < 1.29 is 19.1 Å². The van der Waals surface area contributed by atoms with Crippen molar-refractivity contribution in [3.05, 3.63) is 83.5 Å². The first-order chi connectivity index (χ1) is 24.4. The monoisotopic (exact) mass is 694 g/mol. The lowest BCUT2D eigenvalue weighted by Crippen LogP contribution is -2.49. The van der Waals surface area contributed by atoms with Gasteiger partial charge in [0.15, 0.2) is 11.9 Å². The number of pyridine rings is 1. The molecular weight excluding hydrogens is 648 g/mol. The molecule has 14 heteroatoms. The molecule has 3 aromatic heterocycles. The highest BCUT2D eigenvalue weighted by atomic mass is 16.5. The predicted octanol–water partition coefficient (Wildman–Crippen LogP) is 4.39. The summed E-state index contributed by atoms with van der Waals surface area (Å²) >= 11 is 0. The number of ether oxygens (including phenoxy) is 1. The van der Waals surface area contributed by atoms with Crippen molar-refractivity contribution in [2.75, 3.05) is 43.9 Å². The summed E-state index contributed by atoms with van der Waals surface area (Å²) in [6.07, 6.45) is 8.84. The summed E-state index contributed by atoms with van der Waals surface area (Å²) in [6.45, 7) is 10.0. The number of carbonyl (C=O) groups is 3. The van der Waals surface area contributed by atoms with Crippen LogP contribution in [0.15, 0.2) is 60.8 Å². The molecule has 268 valence electrons. The molecule has 0 unspecified atom stereocenters. The Morgan fingerprint density at radius 3 is 2.65 bits per heavy atom. The number of anilines is 2. The minimum absolute atomic E-state index is 0.0632. The number of aromatic nitrogens is 5. The van der Waals surface area contributed by atoms with E-state index >= 15 is 0 Å². The van der Waals surface area contributed by atoms with E-state index in [9.17, 15) is 14.4 Å². The number of amides is 3. The van der Waals surface area contributed by atoms with Crippen molar-refractivity contribution >= 4 is 35.6 Å². The molecule has 3 N–H and O–H groups in total. The van der Waals surface area contributed by atoms with E-state index in [1.165, 1.54) is 6.42 Å².